The predicted molar refractivity (Wildman–Crippen MR) is 93.2 cm³/mol. The van der Waals surface area contributed by atoms with E-state index in [4.69, 9.17) is 4.74 Å². The summed E-state index contributed by atoms with van der Waals surface area (Å²) in [5.41, 5.74) is 2.31. The van der Waals surface area contributed by atoms with Crippen LogP contribution < -0.4 is 5.32 Å². The maximum atomic E-state index is 11.8. The Morgan fingerprint density at radius 1 is 1.27 bits per heavy atom. The molecule has 0 atom stereocenters. The Hall–Kier alpha value is -1.01. The van der Waals surface area contributed by atoms with E-state index in [0.717, 1.165) is 20.5 Å². The molecule has 1 amide bonds. The molecule has 0 unspecified atom stereocenters. The topological polar surface area (TPSA) is 55.4 Å². The zero-order chi connectivity index (χ0) is 16.5. The summed E-state index contributed by atoms with van der Waals surface area (Å²) in [7, 11) is 0. The number of thioether (sulfide) groups is 1. The fourth-order valence-electron chi connectivity index (χ4n) is 1.80. The summed E-state index contributed by atoms with van der Waals surface area (Å²) in [6.45, 7) is 6.74. The molecule has 0 saturated carbocycles. The molecule has 122 valence electrons. The van der Waals surface area contributed by atoms with Crippen molar-refractivity contribution >= 4 is 39.6 Å². The van der Waals surface area contributed by atoms with Crippen molar-refractivity contribution in [2.45, 2.75) is 38.5 Å². The van der Waals surface area contributed by atoms with Crippen LogP contribution >= 0.6 is 27.7 Å². The highest BCUT2D eigenvalue weighted by Crippen LogP contribution is 2.28. The molecule has 4 nitrogen and oxygen atoms in total. The van der Waals surface area contributed by atoms with Crippen molar-refractivity contribution in [2.75, 3.05) is 18.9 Å². The van der Waals surface area contributed by atoms with Crippen molar-refractivity contribution < 1.29 is 14.3 Å². The minimum Gasteiger partial charge on any atom is -0.466 e. The lowest BCUT2D eigenvalue weighted by Gasteiger charge is -2.09. The summed E-state index contributed by atoms with van der Waals surface area (Å²) in [6.07, 6.45) is 0.942. The number of hydrogen-bond acceptors (Lipinski definition) is 4. The summed E-state index contributed by atoms with van der Waals surface area (Å²) >= 11 is 5.02. The number of carbonyl (C=O) groups excluding carboxylic acids is 2. The molecular weight excluding hydrogens is 366 g/mol. The smallest absolute Gasteiger partial charge is 0.305 e. The SMILES string of the molecule is CCOC(=O)CCCNC(=O)CSc1cc(C)c(Br)cc1C. The first kappa shape index (κ1) is 19.0. The maximum absolute atomic E-state index is 11.8. The van der Waals surface area contributed by atoms with Gasteiger partial charge >= 0.3 is 5.97 Å². The van der Waals surface area contributed by atoms with E-state index in [0.29, 0.717) is 31.7 Å². The van der Waals surface area contributed by atoms with Crippen molar-refractivity contribution in [3.8, 4) is 0 Å². The Balaban J connectivity index is 2.29. The second-order valence-electron chi connectivity index (χ2n) is 4.91. The van der Waals surface area contributed by atoms with Crippen molar-refractivity contribution in [1.29, 1.82) is 0 Å². The van der Waals surface area contributed by atoms with Crippen LogP contribution in [0.4, 0.5) is 0 Å². The highest BCUT2D eigenvalue weighted by molar-refractivity contribution is 9.10. The molecule has 0 aliphatic rings. The molecule has 0 saturated heterocycles. The summed E-state index contributed by atoms with van der Waals surface area (Å²) in [5.74, 6) is 0.141. The molecule has 22 heavy (non-hydrogen) atoms. The molecular formula is C16H22BrNO3S. The highest BCUT2D eigenvalue weighted by Gasteiger charge is 2.07. The minimum absolute atomic E-state index is 0.0196. The number of esters is 1. The Labute approximate surface area is 144 Å². The molecule has 0 spiro atoms. The van der Waals surface area contributed by atoms with E-state index in [2.05, 4.69) is 33.4 Å². The quantitative estimate of drug-likeness (QED) is 0.420. The Kier molecular flexibility index (Phi) is 8.56. The van der Waals surface area contributed by atoms with Crippen molar-refractivity contribution in [3.63, 3.8) is 0 Å². The van der Waals surface area contributed by atoms with Gasteiger partial charge in [-0.25, -0.2) is 0 Å². The molecule has 0 fully saturated rings. The normalized spacial score (nSPS) is 10.4. The largest absolute Gasteiger partial charge is 0.466 e. The zero-order valence-electron chi connectivity index (χ0n) is 13.2. The van der Waals surface area contributed by atoms with Crippen LogP contribution in [0.5, 0.6) is 0 Å². The Morgan fingerprint density at radius 2 is 2.00 bits per heavy atom. The number of nitrogens with one attached hydrogen (secondary N) is 1. The lowest BCUT2D eigenvalue weighted by atomic mass is 10.2. The second kappa shape index (κ2) is 9.90. The van der Waals surface area contributed by atoms with Gasteiger partial charge in [-0.05, 0) is 50.5 Å². The van der Waals surface area contributed by atoms with Crippen LogP contribution in [0.25, 0.3) is 0 Å². The number of benzene rings is 1. The summed E-state index contributed by atoms with van der Waals surface area (Å²) in [6, 6.07) is 4.15. The molecule has 1 aromatic rings. The number of hydrogen-bond donors (Lipinski definition) is 1. The van der Waals surface area contributed by atoms with Crippen LogP contribution in [-0.4, -0.2) is 30.8 Å². The monoisotopic (exact) mass is 387 g/mol. The average Bonchev–Trinajstić information content (AvgIpc) is 2.46. The Bertz CT molecular complexity index is 534. The van der Waals surface area contributed by atoms with Gasteiger partial charge in [-0.3, -0.25) is 9.59 Å². The van der Waals surface area contributed by atoms with Gasteiger partial charge in [0.25, 0.3) is 0 Å². The van der Waals surface area contributed by atoms with Gasteiger partial charge in [0.2, 0.25) is 5.91 Å². The lowest BCUT2D eigenvalue weighted by molar-refractivity contribution is -0.143. The highest BCUT2D eigenvalue weighted by atomic mass is 79.9. The summed E-state index contributed by atoms with van der Waals surface area (Å²) in [5, 5.41) is 2.82. The molecule has 0 aliphatic heterocycles. The maximum Gasteiger partial charge on any atom is 0.305 e. The van der Waals surface area contributed by atoms with Gasteiger partial charge in [0.1, 0.15) is 0 Å². The second-order valence-corrected chi connectivity index (χ2v) is 6.79. The van der Waals surface area contributed by atoms with Crippen molar-refractivity contribution in [2.24, 2.45) is 0 Å². The van der Waals surface area contributed by atoms with Gasteiger partial charge in [0.15, 0.2) is 0 Å². The van der Waals surface area contributed by atoms with Gasteiger partial charge in [0.05, 0.1) is 12.4 Å². The lowest BCUT2D eigenvalue weighted by Crippen LogP contribution is -2.26. The first-order valence-corrected chi connectivity index (χ1v) is 9.03. The van der Waals surface area contributed by atoms with Gasteiger partial charge in [0, 0.05) is 22.3 Å². The van der Waals surface area contributed by atoms with E-state index < -0.39 is 0 Å². The fourth-order valence-corrected chi connectivity index (χ4v) is 3.19. The summed E-state index contributed by atoms with van der Waals surface area (Å²) < 4.78 is 5.91. The van der Waals surface area contributed by atoms with Gasteiger partial charge in [-0.1, -0.05) is 15.9 Å². The van der Waals surface area contributed by atoms with E-state index >= 15 is 0 Å². The number of rotatable bonds is 8. The third kappa shape index (κ3) is 6.83. The third-order valence-electron chi connectivity index (χ3n) is 3.00. The number of carbonyl (C=O) groups is 2. The van der Waals surface area contributed by atoms with E-state index in [9.17, 15) is 9.59 Å². The molecule has 0 radical (unpaired) electrons. The standard InChI is InChI=1S/C16H22BrNO3S/c1-4-21-16(20)6-5-7-18-15(19)10-22-14-9-11(2)13(17)8-12(14)3/h8-9H,4-7,10H2,1-3H3,(H,18,19). The predicted octanol–water partition coefficient (Wildman–Crippen LogP) is 3.62. The molecule has 1 N–H and O–H groups in total. The molecule has 1 rings (SSSR count). The molecule has 0 aromatic heterocycles. The third-order valence-corrected chi connectivity index (χ3v) is 5.01. The van der Waals surface area contributed by atoms with Crippen LogP contribution in [0.1, 0.15) is 30.9 Å². The van der Waals surface area contributed by atoms with Crippen molar-refractivity contribution in [3.05, 3.63) is 27.7 Å². The molecule has 1 aromatic carbocycles. The first-order chi connectivity index (χ1) is 10.4. The number of ether oxygens (including phenoxy) is 1. The molecule has 0 aliphatic carbocycles. The van der Waals surface area contributed by atoms with E-state index in [1.807, 2.05) is 13.8 Å². The summed E-state index contributed by atoms with van der Waals surface area (Å²) in [4.78, 5) is 24.1. The number of halogens is 1. The Morgan fingerprint density at radius 3 is 2.68 bits per heavy atom. The minimum atomic E-state index is -0.216. The zero-order valence-corrected chi connectivity index (χ0v) is 15.6. The van der Waals surface area contributed by atoms with Gasteiger partial charge in [-0.2, -0.15) is 0 Å². The first-order valence-electron chi connectivity index (χ1n) is 7.26. The van der Waals surface area contributed by atoms with E-state index in [-0.39, 0.29) is 11.9 Å². The van der Waals surface area contributed by atoms with Crippen molar-refractivity contribution in [1.82, 2.24) is 5.32 Å². The molecule has 0 heterocycles. The molecule has 0 bridgehead atoms. The molecule has 6 heteroatoms. The van der Waals surface area contributed by atoms with Crippen LogP contribution in [0.15, 0.2) is 21.5 Å². The van der Waals surface area contributed by atoms with Crippen LogP contribution in [-0.2, 0) is 14.3 Å². The number of amides is 1. The fraction of sp³-hybridized carbons (Fsp3) is 0.500. The number of aryl methyl sites for hydroxylation is 2. The van der Waals surface area contributed by atoms with E-state index in [1.54, 1.807) is 6.92 Å². The van der Waals surface area contributed by atoms with Crippen LogP contribution in [0.2, 0.25) is 0 Å². The van der Waals surface area contributed by atoms with Gasteiger partial charge in [-0.15, -0.1) is 11.8 Å². The van der Waals surface area contributed by atoms with Crippen LogP contribution in [0, 0.1) is 13.8 Å². The van der Waals surface area contributed by atoms with E-state index in [1.165, 1.54) is 11.8 Å². The van der Waals surface area contributed by atoms with Crippen LogP contribution in [0.3, 0.4) is 0 Å². The average molecular weight is 388 g/mol. The van der Waals surface area contributed by atoms with Gasteiger partial charge < -0.3 is 10.1 Å².